The number of aliphatic hydroxyl groups excluding tert-OH is 2. The van der Waals surface area contributed by atoms with Gasteiger partial charge in [0, 0.05) is 0 Å². The second kappa shape index (κ2) is 3.78. The highest BCUT2D eigenvalue weighted by molar-refractivity contribution is 5.83. The summed E-state index contributed by atoms with van der Waals surface area (Å²) < 4.78 is 15.7. The normalized spacial score (nSPS) is 43.2. The van der Waals surface area contributed by atoms with Crippen molar-refractivity contribution in [1.82, 2.24) is 0 Å². The lowest BCUT2D eigenvalue weighted by molar-refractivity contribution is -0.212. The van der Waals surface area contributed by atoms with Gasteiger partial charge in [-0.2, -0.15) is 0 Å². The van der Waals surface area contributed by atoms with Gasteiger partial charge in [0.15, 0.2) is 5.79 Å². The van der Waals surface area contributed by atoms with E-state index in [2.05, 4.69) is 4.74 Å². The fourth-order valence-corrected chi connectivity index (χ4v) is 2.30. The highest BCUT2D eigenvalue weighted by Gasteiger charge is 2.65. The minimum atomic E-state index is -1.70. The fraction of sp³-hybridized carbons (Fsp3) is 0.727. The maximum Gasteiger partial charge on any atom is 0.344 e. The van der Waals surface area contributed by atoms with Crippen LogP contribution in [-0.4, -0.2) is 53.0 Å². The number of hydrogen-bond donors (Lipinski definition) is 2. The first-order chi connectivity index (χ1) is 7.83. The largest absolute Gasteiger partial charge is 0.467 e. The van der Waals surface area contributed by atoms with Crippen molar-refractivity contribution in [2.24, 2.45) is 0 Å². The molecule has 6 heteroatoms. The molecule has 2 N–H and O–H groups in total. The van der Waals surface area contributed by atoms with E-state index in [0.717, 1.165) is 0 Å². The summed E-state index contributed by atoms with van der Waals surface area (Å²) >= 11 is 0. The fourth-order valence-electron chi connectivity index (χ4n) is 2.30. The molecule has 2 rings (SSSR count). The van der Waals surface area contributed by atoms with E-state index in [1.807, 2.05) is 0 Å². The molecule has 4 atom stereocenters. The summed E-state index contributed by atoms with van der Waals surface area (Å²) in [4.78, 5) is 11.9. The molecule has 2 aliphatic rings. The van der Waals surface area contributed by atoms with Crippen LogP contribution in [0, 0.1) is 0 Å². The number of aliphatic hydroxyl groups is 2. The van der Waals surface area contributed by atoms with Crippen molar-refractivity contribution in [1.29, 1.82) is 0 Å². The lowest BCUT2D eigenvalue weighted by atomic mass is 9.82. The first-order valence-electron chi connectivity index (χ1n) is 5.34. The first-order valence-corrected chi connectivity index (χ1v) is 5.34. The lowest BCUT2D eigenvalue weighted by Crippen LogP contribution is -2.62. The van der Waals surface area contributed by atoms with E-state index in [4.69, 9.17) is 9.47 Å². The SMILES string of the molecule is COC(=O)[C@@]12OC(C)(C)O[C@@H]1C=C[C@H](O)[C@H]2O. The van der Waals surface area contributed by atoms with Crippen molar-refractivity contribution >= 4 is 5.97 Å². The molecule has 1 heterocycles. The van der Waals surface area contributed by atoms with Gasteiger partial charge in [-0.15, -0.1) is 0 Å². The number of esters is 1. The predicted molar refractivity (Wildman–Crippen MR) is 55.9 cm³/mol. The summed E-state index contributed by atoms with van der Waals surface area (Å²) in [5, 5.41) is 19.6. The van der Waals surface area contributed by atoms with E-state index in [1.54, 1.807) is 13.8 Å². The number of carbonyl (C=O) groups is 1. The molecule has 0 aromatic carbocycles. The molecule has 0 spiro atoms. The molecular weight excluding hydrogens is 228 g/mol. The minimum Gasteiger partial charge on any atom is -0.467 e. The minimum absolute atomic E-state index is 0.760. The molecule has 0 aromatic rings. The number of fused-ring (bicyclic) bond motifs is 1. The second-order valence-corrected chi connectivity index (χ2v) is 4.65. The maximum atomic E-state index is 11.9. The average molecular weight is 244 g/mol. The Balaban J connectivity index is 2.47. The van der Waals surface area contributed by atoms with Gasteiger partial charge >= 0.3 is 5.97 Å². The van der Waals surface area contributed by atoms with E-state index in [9.17, 15) is 15.0 Å². The van der Waals surface area contributed by atoms with Gasteiger partial charge < -0.3 is 24.4 Å². The Bertz CT molecular complexity index is 363. The molecule has 0 radical (unpaired) electrons. The molecular formula is C11H16O6. The van der Waals surface area contributed by atoms with Crippen molar-refractivity contribution in [3.8, 4) is 0 Å². The first kappa shape index (κ1) is 12.5. The Morgan fingerprint density at radius 3 is 2.59 bits per heavy atom. The Hall–Kier alpha value is -0.950. The molecule has 96 valence electrons. The summed E-state index contributed by atoms with van der Waals surface area (Å²) in [5.41, 5.74) is -1.70. The van der Waals surface area contributed by atoms with E-state index in [0.29, 0.717) is 0 Å². The summed E-state index contributed by atoms with van der Waals surface area (Å²) in [6.45, 7) is 3.26. The van der Waals surface area contributed by atoms with Crippen molar-refractivity contribution in [3.05, 3.63) is 12.2 Å². The molecule has 1 aliphatic heterocycles. The third-order valence-corrected chi connectivity index (χ3v) is 3.00. The van der Waals surface area contributed by atoms with Gasteiger partial charge in [-0.1, -0.05) is 12.2 Å². The Morgan fingerprint density at radius 1 is 1.35 bits per heavy atom. The van der Waals surface area contributed by atoms with Crippen LogP contribution in [0.4, 0.5) is 0 Å². The van der Waals surface area contributed by atoms with Crippen LogP contribution in [0.25, 0.3) is 0 Å². The molecule has 0 aromatic heterocycles. The highest BCUT2D eigenvalue weighted by Crippen LogP contribution is 2.43. The van der Waals surface area contributed by atoms with Gasteiger partial charge in [0.25, 0.3) is 0 Å². The molecule has 6 nitrogen and oxygen atoms in total. The number of carbonyl (C=O) groups excluding carboxylic acids is 1. The van der Waals surface area contributed by atoms with Crippen LogP contribution in [0.2, 0.25) is 0 Å². The average Bonchev–Trinajstić information content (AvgIpc) is 2.55. The third-order valence-electron chi connectivity index (χ3n) is 3.00. The van der Waals surface area contributed by atoms with Crippen molar-refractivity contribution in [2.45, 2.75) is 43.5 Å². The highest BCUT2D eigenvalue weighted by atomic mass is 16.8. The molecule has 0 amide bonds. The summed E-state index contributed by atoms with van der Waals surface area (Å²) in [5.74, 6) is -1.79. The molecule has 1 aliphatic carbocycles. The zero-order valence-electron chi connectivity index (χ0n) is 9.91. The quantitative estimate of drug-likeness (QED) is 0.470. The van der Waals surface area contributed by atoms with Crippen LogP contribution < -0.4 is 0 Å². The number of rotatable bonds is 1. The lowest BCUT2D eigenvalue weighted by Gasteiger charge is -2.37. The predicted octanol–water partition coefficient (Wildman–Crippen LogP) is -0.659. The summed E-state index contributed by atoms with van der Waals surface area (Å²) in [6, 6.07) is 0. The van der Waals surface area contributed by atoms with Gasteiger partial charge in [-0.25, -0.2) is 4.79 Å². The van der Waals surface area contributed by atoms with Crippen molar-refractivity contribution < 1.29 is 29.2 Å². The van der Waals surface area contributed by atoms with Gasteiger partial charge in [0.05, 0.1) is 7.11 Å². The van der Waals surface area contributed by atoms with Crippen molar-refractivity contribution in [3.63, 3.8) is 0 Å². The van der Waals surface area contributed by atoms with E-state index < -0.39 is 35.7 Å². The maximum absolute atomic E-state index is 11.9. The molecule has 1 fully saturated rings. The van der Waals surface area contributed by atoms with Crippen LogP contribution in [0.1, 0.15) is 13.8 Å². The van der Waals surface area contributed by atoms with E-state index in [-0.39, 0.29) is 0 Å². The zero-order valence-corrected chi connectivity index (χ0v) is 9.91. The summed E-state index contributed by atoms with van der Waals surface area (Å²) in [6.07, 6.45) is -0.512. The van der Waals surface area contributed by atoms with Crippen LogP contribution in [0.3, 0.4) is 0 Å². The number of ether oxygens (including phenoxy) is 3. The number of methoxy groups -OCH3 is 1. The monoisotopic (exact) mass is 244 g/mol. The van der Waals surface area contributed by atoms with Gasteiger partial charge in [-0.3, -0.25) is 0 Å². The standard InChI is InChI=1S/C11H16O6/c1-10(2)16-7-5-4-6(12)8(13)11(7,17-10)9(14)15-3/h4-8,12-13H,1-3H3/t6-,7+,8+,11+/m0/s1. The second-order valence-electron chi connectivity index (χ2n) is 4.65. The van der Waals surface area contributed by atoms with Gasteiger partial charge in [0.1, 0.15) is 18.3 Å². The Morgan fingerprint density at radius 2 is 2.00 bits per heavy atom. The topological polar surface area (TPSA) is 85.2 Å². The Kier molecular flexibility index (Phi) is 2.78. The third kappa shape index (κ3) is 1.68. The van der Waals surface area contributed by atoms with E-state index >= 15 is 0 Å². The van der Waals surface area contributed by atoms with Crippen molar-refractivity contribution in [2.75, 3.05) is 7.11 Å². The number of hydrogen-bond acceptors (Lipinski definition) is 6. The molecule has 0 bridgehead atoms. The molecule has 1 saturated heterocycles. The van der Waals surface area contributed by atoms with Crippen LogP contribution in [0.5, 0.6) is 0 Å². The van der Waals surface area contributed by atoms with Gasteiger partial charge in [0.2, 0.25) is 5.60 Å². The van der Waals surface area contributed by atoms with Crippen LogP contribution >= 0.6 is 0 Å². The van der Waals surface area contributed by atoms with E-state index in [1.165, 1.54) is 19.3 Å². The summed E-state index contributed by atoms with van der Waals surface area (Å²) in [7, 11) is 1.19. The molecule has 17 heavy (non-hydrogen) atoms. The van der Waals surface area contributed by atoms with Crippen LogP contribution in [0.15, 0.2) is 12.2 Å². The molecule has 0 unspecified atom stereocenters. The van der Waals surface area contributed by atoms with Crippen LogP contribution in [-0.2, 0) is 19.0 Å². The zero-order chi connectivity index (χ0) is 12.8. The van der Waals surface area contributed by atoms with Gasteiger partial charge in [-0.05, 0) is 13.8 Å². The molecule has 0 saturated carbocycles. The smallest absolute Gasteiger partial charge is 0.344 e. The Labute approximate surface area is 98.8 Å².